The molecule has 0 aliphatic heterocycles. The van der Waals surface area contributed by atoms with Crippen molar-refractivity contribution in [2.75, 3.05) is 11.9 Å². The fourth-order valence-corrected chi connectivity index (χ4v) is 1.83. The fraction of sp³-hybridized carbons (Fsp3) is 0.500. The smallest absolute Gasteiger partial charge is 0.224 e. The molecule has 0 aliphatic rings. The quantitative estimate of drug-likeness (QED) is 0.790. The van der Waals surface area contributed by atoms with Crippen molar-refractivity contribution in [3.8, 4) is 0 Å². The van der Waals surface area contributed by atoms with Crippen molar-refractivity contribution in [1.29, 1.82) is 0 Å². The first-order chi connectivity index (χ1) is 8.49. The maximum Gasteiger partial charge on any atom is 0.224 e. The first-order valence-electron chi connectivity index (χ1n) is 6.28. The number of nitrogens with one attached hydrogen (secondary N) is 2. The van der Waals surface area contributed by atoms with E-state index in [0.29, 0.717) is 12.5 Å². The summed E-state index contributed by atoms with van der Waals surface area (Å²) in [7, 11) is 0. The Morgan fingerprint density at radius 3 is 2.72 bits per heavy atom. The molecular formula is C14H21BrN2O. The number of anilines is 1. The largest absolute Gasteiger partial charge is 0.326 e. The number of aryl methyl sites for hydroxylation is 1. The second kappa shape index (κ2) is 7.54. The second-order valence-corrected chi connectivity index (χ2v) is 5.58. The molecule has 0 aliphatic carbocycles. The Kier molecular flexibility index (Phi) is 6.36. The average molecular weight is 313 g/mol. The van der Waals surface area contributed by atoms with Crippen LogP contribution in [-0.2, 0) is 4.79 Å². The summed E-state index contributed by atoms with van der Waals surface area (Å²) in [6.45, 7) is 7.09. The third-order valence-electron chi connectivity index (χ3n) is 2.57. The number of rotatable bonds is 6. The molecule has 1 aromatic rings. The first kappa shape index (κ1) is 15.2. The molecule has 0 spiro atoms. The zero-order chi connectivity index (χ0) is 13.5. The van der Waals surface area contributed by atoms with E-state index in [4.69, 9.17) is 0 Å². The van der Waals surface area contributed by atoms with E-state index in [9.17, 15) is 4.79 Å². The second-order valence-electron chi connectivity index (χ2n) is 4.72. The lowest BCUT2D eigenvalue weighted by Crippen LogP contribution is -2.24. The lowest BCUT2D eigenvalue weighted by atomic mass is 10.2. The summed E-state index contributed by atoms with van der Waals surface area (Å²) in [6.07, 6.45) is 1.41. The molecule has 1 rings (SSSR count). The van der Waals surface area contributed by atoms with Gasteiger partial charge in [0.25, 0.3) is 0 Å². The Morgan fingerprint density at radius 2 is 2.11 bits per heavy atom. The summed E-state index contributed by atoms with van der Waals surface area (Å²) in [6, 6.07) is 6.29. The van der Waals surface area contributed by atoms with E-state index < -0.39 is 0 Å². The minimum Gasteiger partial charge on any atom is -0.326 e. The third kappa shape index (κ3) is 5.65. The van der Waals surface area contributed by atoms with Gasteiger partial charge in [-0.3, -0.25) is 4.79 Å². The van der Waals surface area contributed by atoms with Gasteiger partial charge in [0.15, 0.2) is 0 Å². The summed E-state index contributed by atoms with van der Waals surface area (Å²) >= 11 is 3.44. The van der Waals surface area contributed by atoms with E-state index in [0.717, 1.165) is 28.7 Å². The fourth-order valence-electron chi connectivity index (χ4n) is 1.59. The third-order valence-corrected chi connectivity index (χ3v) is 3.46. The van der Waals surface area contributed by atoms with Gasteiger partial charge in [0.1, 0.15) is 0 Å². The van der Waals surface area contributed by atoms with Crippen LogP contribution in [0.5, 0.6) is 0 Å². The Hall–Kier alpha value is -0.870. The van der Waals surface area contributed by atoms with Crippen LogP contribution in [0.25, 0.3) is 0 Å². The van der Waals surface area contributed by atoms with Crippen LogP contribution in [0, 0.1) is 6.92 Å². The van der Waals surface area contributed by atoms with Crippen molar-refractivity contribution in [1.82, 2.24) is 5.32 Å². The van der Waals surface area contributed by atoms with Crippen LogP contribution in [0.1, 0.15) is 32.3 Å². The molecule has 0 bridgehead atoms. The van der Waals surface area contributed by atoms with Gasteiger partial charge in [-0.15, -0.1) is 0 Å². The molecule has 1 amide bonds. The molecular weight excluding hydrogens is 292 g/mol. The number of carbonyl (C=O) groups excluding carboxylic acids is 1. The predicted octanol–water partition coefficient (Wildman–Crippen LogP) is 3.47. The molecule has 2 N–H and O–H groups in total. The van der Waals surface area contributed by atoms with Gasteiger partial charge in [-0.05, 0) is 43.7 Å². The van der Waals surface area contributed by atoms with E-state index in [2.05, 4.69) is 40.4 Å². The topological polar surface area (TPSA) is 41.1 Å². The van der Waals surface area contributed by atoms with Crippen LogP contribution in [0.4, 0.5) is 5.69 Å². The Balaban J connectivity index is 2.33. The standard InChI is InChI=1S/C14H21BrN2O/c1-10(2)16-8-4-5-14(18)17-12-6-7-13(15)11(3)9-12/h6-7,9-10,16H,4-5,8H2,1-3H3,(H,17,18). The number of benzene rings is 1. The van der Waals surface area contributed by atoms with Crippen LogP contribution in [0.3, 0.4) is 0 Å². The summed E-state index contributed by atoms with van der Waals surface area (Å²) in [5.74, 6) is 0.0716. The molecule has 0 heterocycles. The number of hydrogen-bond acceptors (Lipinski definition) is 2. The highest BCUT2D eigenvalue weighted by Crippen LogP contribution is 2.20. The van der Waals surface area contributed by atoms with Crippen LogP contribution in [0.15, 0.2) is 22.7 Å². The molecule has 0 saturated heterocycles. The number of hydrogen-bond donors (Lipinski definition) is 2. The number of amides is 1. The molecule has 1 aromatic carbocycles. The lowest BCUT2D eigenvalue weighted by Gasteiger charge is -2.09. The zero-order valence-corrected chi connectivity index (χ0v) is 12.8. The van der Waals surface area contributed by atoms with Gasteiger partial charge in [0, 0.05) is 22.6 Å². The van der Waals surface area contributed by atoms with Crippen LogP contribution >= 0.6 is 15.9 Å². The Labute approximate surface area is 117 Å². The molecule has 0 aromatic heterocycles. The summed E-state index contributed by atoms with van der Waals surface area (Å²) in [5.41, 5.74) is 1.98. The minimum atomic E-state index is 0.0716. The van der Waals surface area contributed by atoms with E-state index in [1.165, 1.54) is 0 Å². The highest BCUT2D eigenvalue weighted by atomic mass is 79.9. The Morgan fingerprint density at radius 1 is 1.39 bits per heavy atom. The van der Waals surface area contributed by atoms with Crippen molar-refractivity contribution < 1.29 is 4.79 Å². The van der Waals surface area contributed by atoms with Crippen LogP contribution < -0.4 is 10.6 Å². The van der Waals surface area contributed by atoms with Gasteiger partial charge in [0.2, 0.25) is 5.91 Å². The summed E-state index contributed by atoms with van der Waals surface area (Å²) < 4.78 is 1.06. The first-order valence-corrected chi connectivity index (χ1v) is 7.07. The summed E-state index contributed by atoms with van der Waals surface area (Å²) in [5, 5.41) is 6.21. The predicted molar refractivity (Wildman–Crippen MR) is 79.9 cm³/mol. The van der Waals surface area contributed by atoms with Gasteiger partial charge in [-0.1, -0.05) is 29.8 Å². The molecule has 0 unspecified atom stereocenters. The molecule has 0 saturated carbocycles. The van der Waals surface area contributed by atoms with Gasteiger partial charge in [-0.25, -0.2) is 0 Å². The van der Waals surface area contributed by atoms with Gasteiger partial charge < -0.3 is 10.6 Å². The maximum atomic E-state index is 11.7. The van der Waals surface area contributed by atoms with E-state index in [-0.39, 0.29) is 5.91 Å². The molecule has 0 atom stereocenters. The normalized spacial score (nSPS) is 10.7. The van der Waals surface area contributed by atoms with Crippen molar-refractivity contribution in [2.45, 2.75) is 39.7 Å². The van der Waals surface area contributed by atoms with Crippen molar-refractivity contribution in [3.63, 3.8) is 0 Å². The van der Waals surface area contributed by atoms with E-state index >= 15 is 0 Å². The van der Waals surface area contributed by atoms with Gasteiger partial charge >= 0.3 is 0 Å². The highest BCUT2D eigenvalue weighted by molar-refractivity contribution is 9.10. The molecule has 0 radical (unpaired) electrons. The van der Waals surface area contributed by atoms with E-state index in [1.54, 1.807) is 0 Å². The molecule has 4 heteroatoms. The molecule has 3 nitrogen and oxygen atoms in total. The SMILES string of the molecule is Cc1cc(NC(=O)CCCNC(C)C)ccc1Br. The van der Waals surface area contributed by atoms with Crippen LogP contribution in [-0.4, -0.2) is 18.5 Å². The highest BCUT2D eigenvalue weighted by Gasteiger charge is 2.03. The van der Waals surface area contributed by atoms with Crippen molar-refractivity contribution >= 4 is 27.5 Å². The minimum absolute atomic E-state index is 0.0716. The zero-order valence-electron chi connectivity index (χ0n) is 11.2. The maximum absolute atomic E-state index is 11.7. The molecule has 100 valence electrons. The van der Waals surface area contributed by atoms with Crippen molar-refractivity contribution in [3.05, 3.63) is 28.2 Å². The van der Waals surface area contributed by atoms with Crippen LogP contribution in [0.2, 0.25) is 0 Å². The lowest BCUT2D eigenvalue weighted by molar-refractivity contribution is -0.116. The monoisotopic (exact) mass is 312 g/mol. The van der Waals surface area contributed by atoms with Gasteiger partial charge in [0.05, 0.1) is 0 Å². The van der Waals surface area contributed by atoms with E-state index in [1.807, 2.05) is 25.1 Å². The average Bonchev–Trinajstić information content (AvgIpc) is 2.29. The number of halogens is 1. The Bertz CT molecular complexity index is 405. The van der Waals surface area contributed by atoms with Crippen molar-refractivity contribution in [2.24, 2.45) is 0 Å². The van der Waals surface area contributed by atoms with Gasteiger partial charge in [-0.2, -0.15) is 0 Å². The number of carbonyl (C=O) groups is 1. The molecule has 0 fully saturated rings. The summed E-state index contributed by atoms with van der Waals surface area (Å²) in [4.78, 5) is 11.7. The molecule has 18 heavy (non-hydrogen) atoms.